The topological polar surface area (TPSA) is 47.3 Å². The third kappa shape index (κ3) is 3.00. The molecule has 0 unspecified atom stereocenters. The molecule has 3 nitrogen and oxygen atoms in total. The summed E-state index contributed by atoms with van der Waals surface area (Å²) in [4.78, 5) is 0.197. The molecule has 104 valence electrons. The third-order valence-electron chi connectivity index (χ3n) is 2.71. The zero-order chi connectivity index (χ0) is 14.7. The second-order valence-electron chi connectivity index (χ2n) is 4.00. The summed E-state index contributed by atoms with van der Waals surface area (Å²) in [5, 5.41) is 3.18. The smallest absolute Gasteiger partial charge is 0.148 e. The lowest BCUT2D eigenvalue weighted by atomic mass is 10.1. The lowest BCUT2D eigenvalue weighted by Gasteiger charge is -2.14. The van der Waals surface area contributed by atoms with Gasteiger partial charge in [0.2, 0.25) is 0 Å². The molecule has 2 aromatic rings. The maximum atomic E-state index is 13.8. The molecule has 0 aliphatic carbocycles. The number of nitrogens with one attached hydrogen (secondary N) is 1. The monoisotopic (exact) mass is 310 g/mol. The van der Waals surface area contributed by atoms with Crippen molar-refractivity contribution in [2.45, 2.75) is 0 Å². The predicted octanol–water partition coefficient (Wildman–Crippen LogP) is 3.87. The molecule has 0 saturated heterocycles. The molecule has 0 aromatic heterocycles. The minimum Gasteiger partial charge on any atom is -0.497 e. The Balaban J connectivity index is 2.49. The largest absolute Gasteiger partial charge is 0.497 e. The maximum absolute atomic E-state index is 13.8. The van der Waals surface area contributed by atoms with Crippen LogP contribution in [-0.4, -0.2) is 12.1 Å². The summed E-state index contributed by atoms with van der Waals surface area (Å²) in [6.07, 6.45) is 0. The number of nitrogens with two attached hydrogens (primary N) is 1. The number of thiocarbonyl (C=S) groups is 1. The second-order valence-corrected chi connectivity index (χ2v) is 4.84. The van der Waals surface area contributed by atoms with Crippen LogP contribution >= 0.6 is 23.8 Å². The number of rotatable bonds is 4. The van der Waals surface area contributed by atoms with Crippen LogP contribution in [0.25, 0.3) is 0 Å². The van der Waals surface area contributed by atoms with E-state index in [-0.39, 0.29) is 15.7 Å². The highest BCUT2D eigenvalue weighted by Crippen LogP contribution is 2.31. The Morgan fingerprint density at radius 3 is 2.70 bits per heavy atom. The van der Waals surface area contributed by atoms with E-state index >= 15 is 0 Å². The fourth-order valence-electron chi connectivity index (χ4n) is 1.72. The van der Waals surface area contributed by atoms with Gasteiger partial charge in [-0.2, -0.15) is 0 Å². The van der Waals surface area contributed by atoms with Crippen molar-refractivity contribution in [3.05, 3.63) is 52.8 Å². The summed E-state index contributed by atoms with van der Waals surface area (Å²) >= 11 is 11.0. The number of benzene rings is 2. The minimum absolute atomic E-state index is 0.167. The molecule has 6 heteroatoms. The summed E-state index contributed by atoms with van der Waals surface area (Å²) in [6.45, 7) is 0. The van der Waals surface area contributed by atoms with E-state index in [2.05, 4.69) is 5.32 Å². The van der Waals surface area contributed by atoms with Crippen LogP contribution in [-0.2, 0) is 0 Å². The van der Waals surface area contributed by atoms with Gasteiger partial charge in [-0.15, -0.1) is 0 Å². The van der Waals surface area contributed by atoms with Crippen molar-refractivity contribution >= 4 is 40.2 Å². The quantitative estimate of drug-likeness (QED) is 0.842. The van der Waals surface area contributed by atoms with Crippen LogP contribution in [0.4, 0.5) is 15.8 Å². The van der Waals surface area contributed by atoms with Crippen molar-refractivity contribution in [3.63, 3.8) is 0 Å². The molecule has 0 atom stereocenters. The molecule has 3 N–H and O–H groups in total. The van der Waals surface area contributed by atoms with E-state index in [9.17, 15) is 4.39 Å². The van der Waals surface area contributed by atoms with Gasteiger partial charge in [0.05, 0.1) is 23.5 Å². The summed E-state index contributed by atoms with van der Waals surface area (Å²) in [7, 11) is 1.54. The molecular formula is C14H12ClFN2OS. The normalized spacial score (nSPS) is 10.2. The number of halogens is 2. The van der Waals surface area contributed by atoms with Crippen LogP contribution in [0.15, 0.2) is 36.4 Å². The van der Waals surface area contributed by atoms with Gasteiger partial charge in [0.15, 0.2) is 0 Å². The van der Waals surface area contributed by atoms with E-state index in [1.807, 2.05) is 0 Å². The molecule has 0 saturated carbocycles. The molecule has 0 heterocycles. The Morgan fingerprint density at radius 1 is 1.35 bits per heavy atom. The van der Waals surface area contributed by atoms with Gasteiger partial charge >= 0.3 is 0 Å². The standard InChI is InChI=1S/C14H12ClFN2OS/c1-19-8-5-6-9(14(17)20)12(7-8)18-13-10(15)3-2-4-11(13)16/h2-7,18H,1H3,(H2,17,20). The van der Waals surface area contributed by atoms with Gasteiger partial charge in [0.25, 0.3) is 0 Å². The molecular weight excluding hydrogens is 299 g/mol. The first-order valence-electron chi connectivity index (χ1n) is 5.72. The van der Waals surface area contributed by atoms with Crippen LogP contribution in [0.5, 0.6) is 5.75 Å². The molecule has 2 aromatic carbocycles. The molecule has 0 amide bonds. The van der Waals surface area contributed by atoms with E-state index in [4.69, 9.17) is 34.3 Å². The average Bonchev–Trinajstić information content (AvgIpc) is 2.42. The van der Waals surface area contributed by atoms with Gasteiger partial charge in [-0.1, -0.05) is 29.9 Å². The summed E-state index contributed by atoms with van der Waals surface area (Å²) < 4.78 is 18.9. The average molecular weight is 311 g/mol. The van der Waals surface area contributed by atoms with E-state index in [1.165, 1.54) is 19.2 Å². The second kappa shape index (κ2) is 6.07. The van der Waals surface area contributed by atoms with Gasteiger partial charge in [0.1, 0.15) is 16.6 Å². The van der Waals surface area contributed by atoms with Crippen molar-refractivity contribution < 1.29 is 9.13 Å². The first-order valence-corrected chi connectivity index (χ1v) is 6.50. The van der Waals surface area contributed by atoms with E-state index in [0.29, 0.717) is 17.0 Å². The molecule has 0 aliphatic rings. The highest BCUT2D eigenvalue weighted by Gasteiger charge is 2.12. The molecule has 20 heavy (non-hydrogen) atoms. The summed E-state index contributed by atoms with van der Waals surface area (Å²) in [5.74, 6) is 0.133. The highest BCUT2D eigenvalue weighted by molar-refractivity contribution is 7.80. The van der Waals surface area contributed by atoms with Crippen molar-refractivity contribution in [1.82, 2.24) is 0 Å². The Bertz CT molecular complexity index is 643. The van der Waals surface area contributed by atoms with E-state index in [1.54, 1.807) is 24.3 Å². The van der Waals surface area contributed by atoms with Crippen molar-refractivity contribution in [2.24, 2.45) is 5.73 Å². The van der Waals surface area contributed by atoms with Gasteiger partial charge in [-0.05, 0) is 24.3 Å². The van der Waals surface area contributed by atoms with E-state index < -0.39 is 5.82 Å². The van der Waals surface area contributed by atoms with Crippen molar-refractivity contribution in [1.29, 1.82) is 0 Å². The van der Waals surface area contributed by atoms with Crippen LogP contribution in [0, 0.1) is 5.82 Å². The van der Waals surface area contributed by atoms with Gasteiger partial charge in [-0.25, -0.2) is 4.39 Å². The molecule has 0 fully saturated rings. The van der Waals surface area contributed by atoms with Crippen molar-refractivity contribution in [2.75, 3.05) is 12.4 Å². The molecule has 2 rings (SSSR count). The van der Waals surface area contributed by atoms with Crippen LogP contribution in [0.3, 0.4) is 0 Å². The van der Waals surface area contributed by atoms with Crippen LogP contribution in [0.1, 0.15) is 5.56 Å². The van der Waals surface area contributed by atoms with Gasteiger partial charge in [-0.3, -0.25) is 0 Å². The SMILES string of the molecule is COc1ccc(C(N)=S)c(Nc2c(F)cccc2Cl)c1. The fraction of sp³-hybridized carbons (Fsp3) is 0.0714. The molecule has 0 spiro atoms. The Hall–Kier alpha value is -1.85. The molecule has 0 aliphatic heterocycles. The zero-order valence-corrected chi connectivity index (χ0v) is 12.2. The zero-order valence-electron chi connectivity index (χ0n) is 10.6. The van der Waals surface area contributed by atoms with Crippen LogP contribution in [0.2, 0.25) is 5.02 Å². The molecule has 0 bridgehead atoms. The number of methoxy groups -OCH3 is 1. The Morgan fingerprint density at radius 2 is 2.10 bits per heavy atom. The Kier molecular flexibility index (Phi) is 4.42. The predicted molar refractivity (Wildman–Crippen MR) is 83.6 cm³/mol. The molecule has 0 radical (unpaired) electrons. The Labute approximate surface area is 126 Å². The van der Waals surface area contributed by atoms with Crippen molar-refractivity contribution in [3.8, 4) is 5.75 Å². The lowest BCUT2D eigenvalue weighted by Crippen LogP contribution is -2.12. The number of ether oxygens (including phenoxy) is 1. The third-order valence-corrected chi connectivity index (χ3v) is 3.25. The van der Waals surface area contributed by atoms with Gasteiger partial charge < -0.3 is 15.8 Å². The number of hydrogen-bond donors (Lipinski definition) is 2. The maximum Gasteiger partial charge on any atom is 0.148 e. The fourth-order valence-corrected chi connectivity index (χ4v) is 2.11. The lowest BCUT2D eigenvalue weighted by molar-refractivity contribution is 0.415. The van der Waals surface area contributed by atoms with E-state index in [0.717, 1.165) is 0 Å². The highest BCUT2D eigenvalue weighted by atomic mass is 35.5. The van der Waals surface area contributed by atoms with Crippen LogP contribution < -0.4 is 15.8 Å². The number of anilines is 2. The number of hydrogen-bond acceptors (Lipinski definition) is 3. The first kappa shape index (κ1) is 14.6. The number of para-hydroxylation sites is 1. The minimum atomic E-state index is -0.464. The summed E-state index contributed by atoms with van der Waals surface area (Å²) in [6, 6.07) is 9.55. The first-order chi connectivity index (χ1) is 9.52. The summed E-state index contributed by atoms with van der Waals surface area (Å²) in [5.41, 5.74) is 6.94. The van der Waals surface area contributed by atoms with Gasteiger partial charge in [0, 0.05) is 11.6 Å².